The molecule has 0 saturated carbocycles. The van der Waals surface area contributed by atoms with Crippen LogP contribution in [-0.2, 0) is 25.0 Å². The van der Waals surface area contributed by atoms with Crippen LogP contribution in [0.1, 0.15) is 42.5 Å². The smallest absolute Gasteiger partial charge is 0.191 e. The lowest BCUT2D eigenvalue weighted by molar-refractivity contribution is 0.0621. The van der Waals surface area contributed by atoms with Crippen molar-refractivity contribution in [2.75, 3.05) is 13.1 Å². The van der Waals surface area contributed by atoms with E-state index in [9.17, 15) is 5.11 Å². The van der Waals surface area contributed by atoms with E-state index < -0.39 is 5.60 Å². The number of rotatable bonds is 6. The van der Waals surface area contributed by atoms with Crippen LogP contribution in [0.15, 0.2) is 40.0 Å². The van der Waals surface area contributed by atoms with E-state index in [4.69, 9.17) is 0 Å². The number of fused-ring (bicyclic) bond motifs is 1. The van der Waals surface area contributed by atoms with Crippen LogP contribution >= 0.6 is 35.3 Å². The number of thiophene rings is 1. The van der Waals surface area contributed by atoms with E-state index in [2.05, 4.69) is 33.8 Å². The van der Waals surface area contributed by atoms with E-state index in [1.54, 1.807) is 11.3 Å². The summed E-state index contributed by atoms with van der Waals surface area (Å²) in [7, 11) is 0. The lowest BCUT2D eigenvalue weighted by Gasteiger charge is -2.24. The van der Waals surface area contributed by atoms with Gasteiger partial charge in [0.05, 0.1) is 13.1 Å². The highest BCUT2D eigenvalue weighted by molar-refractivity contribution is 14.0. The number of halogens is 1. The summed E-state index contributed by atoms with van der Waals surface area (Å²) in [6.07, 6.45) is 3.67. The first kappa shape index (κ1) is 21.2. The Morgan fingerprint density at radius 1 is 1.23 bits per heavy atom. The number of benzene rings is 1. The minimum Gasteiger partial charge on any atom is -0.384 e. The molecule has 142 valence electrons. The Hall–Kier alpha value is -1.12. The number of aryl methyl sites for hydroxylation is 2. The second-order valence-electron chi connectivity index (χ2n) is 6.79. The van der Waals surface area contributed by atoms with Crippen LogP contribution in [0.4, 0.5) is 0 Å². The number of guanidine groups is 1. The van der Waals surface area contributed by atoms with Crippen molar-refractivity contribution in [2.24, 2.45) is 4.99 Å². The molecule has 1 aromatic heterocycles. The van der Waals surface area contributed by atoms with E-state index >= 15 is 0 Å². The van der Waals surface area contributed by atoms with Gasteiger partial charge in [-0.15, -0.1) is 24.0 Å². The van der Waals surface area contributed by atoms with Gasteiger partial charge in [0.2, 0.25) is 0 Å². The minimum absolute atomic E-state index is 0. The SMILES string of the molecule is CCNC(=NCc1ccc2c(c1)CCC2)NCC(C)(O)c1ccsc1.I. The first-order chi connectivity index (χ1) is 12.1. The maximum atomic E-state index is 10.6. The molecule has 1 heterocycles. The van der Waals surface area contributed by atoms with Crippen LogP contribution < -0.4 is 10.6 Å². The van der Waals surface area contributed by atoms with Crippen molar-refractivity contribution in [1.82, 2.24) is 10.6 Å². The number of aliphatic hydroxyl groups is 1. The van der Waals surface area contributed by atoms with Crippen molar-refractivity contribution in [1.29, 1.82) is 0 Å². The summed E-state index contributed by atoms with van der Waals surface area (Å²) in [6, 6.07) is 8.67. The number of hydrogen-bond acceptors (Lipinski definition) is 3. The summed E-state index contributed by atoms with van der Waals surface area (Å²) in [5, 5.41) is 21.1. The van der Waals surface area contributed by atoms with Crippen LogP contribution in [0.3, 0.4) is 0 Å². The quantitative estimate of drug-likeness (QED) is 0.331. The molecule has 0 spiro atoms. The van der Waals surface area contributed by atoms with E-state index in [0.717, 1.165) is 18.1 Å². The Kier molecular flexibility index (Phi) is 7.91. The topological polar surface area (TPSA) is 56.7 Å². The summed E-state index contributed by atoms with van der Waals surface area (Å²) in [5.74, 6) is 0.735. The zero-order chi connectivity index (χ0) is 17.7. The predicted octanol–water partition coefficient (Wildman–Crippen LogP) is 3.82. The lowest BCUT2D eigenvalue weighted by atomic mass is 9.99. The number of hydrogen-bond donors (Lipinski definition) is 3. The van der Waals surface area contributed by atoms with Crippen LogP contribution in [0.2, 0.25) is 0 Å². The molecule has 0 fully saturated rings. The number of aliphatic imine (C=N–C) groups is 1. The molecule has 6 heteroatoms. The number of nitrogens with one attached hydrogen (secondary N) is 2. The molecular weight excluding hydrogens is 457 g/mol. The largest absolute Gasteiger partial charge is 0.384 e. The molecule has 1 aromatic carbocycles. The Labute approximate surface area is 177 Å². The van der Waals surface area contributed by atoms with Crippen LogP contribution in [0.5, 0.6) is 0 Å². The van der Waals surface area contributed by atoms with E-state index in [1.165, 1.54) is 36.0 Å². The van der Waals surface area contributed by atoms with Gasteiger partial charge in [-0.05, 0) is 72.2 Å². The van der Waals surface area contributed by atoms with Gasteiger partial charge in [-0.3, -0.25) is 0 Å². The fraction of sp³-hybridized carbons (Fsp3) is 0.450. The Morgan fingerprint density at radius 2 is 2.04 bits per heavy atom. The molecule has 4 nitrogen and oxygen atoms in total. The lowest BCUT2D eigenvalue weighted by Crippen LogP contribution is -2.44. The van der Waals surface area contributed by atoms with Crippen LogP contribution in [0.25, 0.3) is 0 Å². The summed E-state index contributed by atoms with van der Waals surface area (Å²) in [5.41, 5.74) is 4.22. The van der Waals surface area contributed by atoms with E-state index in [0.29, 0.717) is 13.1 Å². The highest BCUT2D eigenvalue weighted by Gasteiger charge is 2.23. The van der Waals surface area contributed by atoms with Crippen LogP contribution in [0, 0.1) is 0 Å². The zero-order valence-electron chi connectivity index (χ0n) is 15.4. The minimum atomic E-state index is -0.913. The molecule has 0 aliphatic heterocycles. The van der Waals surface area contributed by atoms with Crippen molar-refractivity contribution in [3.05, 3.63) is 57.3 Å². The van der Waals surface area contributed by atoms with Crippen molar-refractivity contribution >= 4 is 41.3 Å². The molecule has 3 N–H and O–H groups in total. The maximum Gasteiger partial charge on any atom is 0.191 e. The third kappa shape index (κ3) is 5.44. The van der Waals surface area contributed by atoms with Crippen molar-refractivity contribution in [2.45, 2.75) is 45.3 Å². The van der Waals surface area contributed by atoms with Gasteiger partial charge in [0.15, 0.2) is 5.96 Å². The zero-order valence-corrected chi connectivity index (χ0v) is 18.6. The fourth-order valence-corrected chi connectivity index (χ4v) is 3.95. The molecule has 0 bridgehead atoms. The van der Waals surface area contributed by atoms with Crippen LogP contribution in [-0.4, -0.2) is 24.2 Å². The van der Waals surface area contributed by atoms with Gasteiger partial charge in [0, 0.05) is 6.54 Å². The first-order valence-corrected chi connectivity index (χ1v) is 9.90. The van der Waals surface area contributed by atoms with Crippen molar-refractivity contribution in [3.63, 3.8) is 0 Å². The molecule has 1 aliphatic rings. The highest BCUT2D eigenvalue weighted by atomic mass is 127. The van der Waals surface area contributed by atoms with E-state index in [-0.39, 0.29) is 24.0 Å². The standard InChI is InChI=1S/C20H27N3OS.HI/c1-3-21-19(23-14-20(2,24)18-9-10-25-13-18)22-12-15-7-8-16-5-4-6-17(16)11-15;/h7-11,13,24H,3-6,12,14H2,1-2H3,(H2,21,22,23);1H. The second kappa shape index (κ2) is 9.71. The summed E-state index contributed by atoms with van der Waals surface area (Å²) in [4.78, 5) is 4.68. The first-order valence-electron chi connectivity index (χ1n) is 8.96. The molecule has 0 radical (unpaired) electrons. The van der Waals surface area contributed by atoms with Gasteiger partial charge in [0.25, 0.3) is 0 Å². The molecule has 1 atom stereocenters. The third-order valence-corrected chi connectivity index (χ3v) is 5.35. The molecule has 1 aliphatic carbocycles. The Morgan fingerprint density at radius 3 is 2.77 bits per heavy atom. The average molecular weight is 485 g/mol. The van der Waals surface area contributed by atoms with E-state index in [1.807, 2.05) is 30.7 Å². The number of nitrogens with zero attached hydrogens (tertiary/aromatic N) is 1. The third-order valence-electron chi connectivity index (χ3n) is 4.67. The maximum absolute atomic E-state index is 10.6. The molecule has 0 amide bonds. The fourth-order valence-electron chi connectivity index (χ4n) is 3.16. The van der Waals surface area contributed by atoms with Gasteiger partial charge in [0.1, 0.15) is 5.60 Å². The Balaban J connectivity index is 0.00000243. The predicted molar refractivity (Wildman–Crippen MR) is 121 cm³/mol. The molecule has 2 aromatic rings. The monoisotopic (exact) mass is 485 g/mol. The van der Waals surface area contributed by atoms with Gasteiger partial charge in [-0.25, -0.2) is 4.99 Å². The molecule has 26 heavy (non-hydrogen) atoms. The summed E-state index contributed by atoms with van der Waals surface area (Å²) >= 11 is 1.59. The summed E-state index contributed by atoms with van der Waals surface area (Å²) in [6.45, 7) is 5.72. The second-order valence-corrected chi connectivity index (χ2v) is 7.57. The van der Waals surface area contributed by atoms with Crippen molar-refractivity contribution < 1.29 is 5.11 Å². The van der Waals surface area contributed by atoms with Gasteiger partial charge < -0.3 is 15.7 Å². The molecular formula is C20H28IN3OS. The molecule has 3 rings (SSSR count). The molecule has 1 unspecified atom stereocenters. The average Bonchev–Trinajstić information content (AvgIpc) is 3.28. The van der Waals surface area contributed by atoms with Gasteiger partial charge in [-0.1, -0.05) is 18.2 Å². The molecule has 0 saturated heterocycles. The van der Waals surface area contributed by atoms with Gasteiger partial charge in [-0.2, -0.15) is 11.3 Å². The van der Waals surface area contributed by atoms with Crippen molar-refractivity contribution in [3.8, 4) is 0 Å². The van der Waals surface area contributed by atoms with Gasteiger partial charge >= 0.3 is 0 Å². The normalized spacial score (nSPS) is 15.7. The Bertz CT molecular complexity index is 729. The highest BCUT2D eigenvalue weighted by Crippen LogP contribution is 2.23. The summed E-state index contributed by atoms with van der Waals surface area (Å²) < 4.78 is 0.